The third kappa shape index (κ3) is 4.99. The number of rotatable bonds is 8. The van der Waals surface area contributed by atoms with Gasteiger partial charge in [-0.2, -0.15) is 0 Å². The van der Waals surface area contributed by atoms with Crippen LogP contribution in [0.1, 0.15) is 30.1 Å². The van der Waals surface area contributed by atoms with Gasteiger partial charge in [0.15, 0.2) is 0 Å². The highest BCUT2D eigenvalue weighted by Crippen LogP contribution is 2.16. The molecule has 2 aromatic rings. The third-order valence-electron chi connectivity index (χ3n) is 3.68. The summed E-state index contributed by atoms with van der Waals surface area (Å²) >= 11 is 0. The molecule has 0 aliphatic rings. The van der Waals surface area contributed by atoms with Crippen LogP contribution in [0.2, 0.25) is 0 Å². The first kappa shape index (κ1) is 15.7. The summed E-state index contributed by atoms with van der Waals surface area (Å²) in [5.74, 6) is 0. The molecule has 0 aliphatic heterocycles. The zero-order chi connectivity index (χ0) is 15.1. The van der Waals surface area contributed by atoms with Crippen molar-refractivity contribution < 1.29 is 0 Å². The quantitative estimate of drug-likeness (QED) is 0.758. The molecule has 4 nitrogen and oxygen atoms in total. The lowest BCUT2D eigenvalue weighted by atomic mass is 10.0. The molecule has 0 spiro atoms. The van der Waals surface area contributed by atoms with Crippen molar-refractivity contribution in [3.63, 3.8) is 0 Å². The second kappa shape index (κ2) is 7.96. The second-order valence-corrected chi connectivity index (χ2v) is 5.82. The molecule has 1 atom stereocenters. The maximum absolute atomic E-state index is 6.36. The molecular formula is C17H26N4. The van der Waals surface area contributed by atoms with E-state index in [1.54, 1.807) is 0 Å². The van der Waals surface area contributed by atoms with Gasteiger partial charge in [0.1, 0.15) is 0 Å². The third-order valence-corrected chi connectivity index (χ3v) is 3.68. The van der Waals surface area contributed by atoms with Crippen LogP contribution in [-0.4, -0.2) is 35.1 Å². The van der Waals surface area contributed by atoms with Gasteiger partial charge in [0.25, 0.3) is 0 Å². The molecule has 0 unspecified atom stereocenters. The van der Waals surface area contributed by atoms with Gasteiger partial charge in [-0.25, -0.2) is 4.98 Å². The van der Waals surface area contributed by atoms with Gasteiger partial charge in [-0.1, -0.05) is 30.3 Å². The summed E-state index contributed by atoms with van der Waals surface area (Å²) in [7, 11) is 4.22. The van der Waals surface area contributed by atoms with Crippen molar-refractivity contribution in [1.29, 1.82) is 0 Å². The highest BCUT2D eigenvalue weighted by molar-refractivity contribution is 5.18. The molecule has 2 N–H and O–H groups in total. The number of aromatic nitrogens is 2. The van der Waals surface area contributed by atoms with Gasteiger partial charge in [0.2, 0.25) is 0 Å². The van der Waals surface area contributed by atoms with Gasteiger partial charge in [0, 0.05) is 12.7 Å². The van der Waals surface area contributed by atoms with E-state index in [-0.39, 0.29) is 6.04 Å². The highest BCUT2D eigenvalue weighted by atomic mass is 15.1. The van der Waals surface area contributed by atoms with Crippen molar-refractivity contribution in [1.82, 2.24) is 14.5 Å². The number of hydrogen-bond acceptors (Lipinski definition) is 3. The summed E-state index contributed by atoms with van der Waals surface area (Å²) in [5.41, 5.74) is 8.75. The van der Waals surface area contributed by atoms with Crippen LogP contribution in [0.4, 0.5) is 0 Å². The predicted molar refractivity (Wildman–Crippen MR) is 87.1 cm³/mol. The molecule has 0 saturated heterocycles. The zero-order valence-electron chi connectivity index (χ0n) is 13.1. The summed E-state index contributed by atoms with van der Waals surface area (Å²) < 4.78 is 2.20. The van der Waals surface area contributed by atoms with Crippen molar-refractivity contribution >= 4 is 0 Å². The maximum atomic E-state index is 6.36. The fraction of sp³-hybridized carbons (Fsp3) is 0.471. The molecule has 1 aromatic carbocycles. The Kier molecular flexibility index (Phi) is 5.96. The Hall–Kier alpha value is -1.65. The van der Waals surface area contributed by atoms with Crippen LogP contribution in [0, 0.1) is 0 Å². The second-order valence-electron chi connectivity index (χ2n) is 5.82. The van der Waals surface area contributed by atoms with Gasteiger partial charge in [-0.05, 0) is 45.5 Å². The Balaban J connectivity index is 1.89. The first-order valence-corrected chi connectivity index (χ1v) is 7.61. The number of aryl methyl sites for hydroxylation is 1. The number of nitrogens with two attached hydrogens (primary N) is 1. The topological polar surface area (TPSA) is 47.1 Å². The lowest BCUT2D eigenvalue weighted by Crippen LogP contribution is -2.18. The van der Waals surface area contributed by atoms with E-state index in [0.717, 1.165) is 31.6 Å². The normalized spacial score (nSPS) is 12.8. The molecule has 0 fully saturated rings. The fourth-order valence-electron chi connectivity index (χ4n) is 2.51. The number of nitrogens with zero attached hydrogens (tertiary/aromatic N) is 3. The van der Waals surface area contributed by atoms with E-state index < -0.39 is 0 Å². The Morgan fingerprint density at radius 2 is 1.95 bits per heavy atom. The molecular weight excluding hydrogens is 260 g/mol. The summed E-state index contributed by atoms with van der Waals surface area (Å²) in [5, 5.41) is 0. The number of imidazole rings is 1. The first-order valence-electron chi connectivity index (χ1n) is 7.61. The van der Waals surface area contributed by atoms with Crippen molar-refractivity contribution in [3.8, 4) is 0 Å². The van der Waals surface area contributed by atoms with Crippen LogP contribution in [0.5, 0.6) is 0 Å². The van der Waals surface area contributed by atoms with Gasteiger partial charge >= 0.3 is 0 Å². The molecule has 0 radical (unpaired) electrons. The van der Waals surface area contributed by atoms with E-state index in [9.17, 15) is 0 Å². The number of unbranched alkanes of at least 4 members (excludes halogenated alkanes) is 1. The van der Waals surface area contributed by atoms with E-state index in [1.165, 1.54) is 12.0 Å². The molecule has 2 rings (SSSR count). The highest BCUT2D eigenvalue weighted by Gasteiger charge is 2.12. The van der Waals surface area contributed by atoms with Crippen LogP contribution >= 0.6 is 0 Å². The molecule has 1 aromatic heterocycles. The molecule has 114 valence electrons. The maximum Gasteiger partial charge on any atom is 0.0948 e. The number of benzene rings is 1. The minimum Gasteiger partial charge on any atom is -0.333 e. The monoisotopic (exact) mass is 286 g/mol. The molecule has 0 aliphatic carbocycles. The van der Waals surface area contributed by atoms with E-state index in [0.29, 0.717) is 0 Å². The standard InChI is InChI=1S/C17H26N4/c1-20(2)10-6-7-11-21-14-19-13-17(21)16(18)12-15-8-4-3-5-9-15/h3-5,8-9,13-14,16H,6-7,10-12,18H2,1-2H3/t16-/m1/s1. The molecule has 0 bridgehead atoms. The minimum atomic E-state index is 0.00347. The van der Waals surface area contributed by atoms with Crippen molar-refractivity contribution in [3.05, 3.63) is 54.1 Å². The predicted octanol–water partition coefficient (Wildman–Crippen LogP) is 2.47. The van der Waals surface area contributed by atoms with Crippen molar-refractivity contribution in [2.24, 2.45) is 5.73 Å². The van der Waals surface area contributed by atoms with Gasteiger partial charge in [-0.3, -0.25) is 0 Å². The summed E-state index contributed by atoms with van der Waals surface area (Å²) in [6.45, 7) is 2.12. The summed E-state index contributed by atoms with van der Waals surface area (Å²) in [6, 6.07) is 10.4. The summed E-state index contributed by atoms with van der Waals surface area (Å²) in [6.07, 6.45) is 7.00. The number of hydrogen-bond donors (Lipinski definition) is 1. The lowest BCUT2D eigenvalue weighted by molar-refractivity contribution is 0.386. The first-order chi connectivity index (χ1) is 10.2. The van der Waals surface area contributed by atoms with E-state index in [1.807, 2.05) is 18.6 Å². The molecule has 0 saturated carbocycles. The van der Waals surface area contributed by atoms with Crippen molar-refractivity contribution in [2.45, 2.75) is 31.8 Å². The Bertz CT molecular complexity index is 519. The van der Waals surface area contributed by atoms with Crippen LogP contribution in [0.3, 0.4) is 0 Å². The van der Waals surface area contributed by atoms with E-state index in [2.05, 4.69) is 52.8 Å². The fourth-order valence-corrected chi connectivity index (χ4v) is 2.51. The molecule has 0 amide bonds. The SMILES string of the molecule is CN(C)CCCCn1cncc1[C@H](N)Cc1ccccc1. The summed E-state index contributed by atoms with van der Waals surface area (Å²) in [4.78, 5) is 6.49. The van der Waals surface area contributed by atoms with Gasteiger partial charge in [0.05, 0.1) is 18.1 Å². The molecule has 1 heterocycles. The lowest BCUT2D eigenvalue weighted by Gasteiger charge is -2.15. The molecule has 21 heavy (non-hydrogen) atoms. The van der Waals surface area contributed by atoms with E-state index in [4.69, 9.17) is 5.73 Å². The van der Waals surface area contributed by atoms with Gasteiger partial charge < -0.3 is 15.2 Å². The van der Waals surface area contributed by atoms with Crippen LogP contribution in [0.25, 0.3) is 0 Å². The van der Waals surface area contributed by atoms with Crippen LogP contribution in [0.15, 0.2) is 42.9 Å². The largest absolute Gasteiger partial charge is 0.333 e. The smallest absolute Gasteiger partial charge is 0.0948 e. The Morgan fingerprint density at radius 3 is 2.67 bits per heavy atom. The Morgan fingerprint density at radius 1 is 1.19 bits per heavy atom. The van der Waals surface area contributed by atoms with Gasteiger partial charge in [-0.15, -0.1) is 0 Å². The zero-order valence-corrected chi connectivity index (χ0v) is 13.1. The average Bonchev–Trinajstić information content (AvgIpc) is 2.93. The Labute approximate surface area is 127 Å². The van der Waals surface area contributed by atoms with Crippen LogP contribution < -0.4 is 5.73 Å². The van der Waals surface area contributed by atoms with E-state index >= 15 is 0 Å². The average molecular weight is 286 g/mol. The minimum absolute atomic E-state index is 0.00347. The molecule has 4 heteroatoms. The van der Waals surface area contributed by atoms with Crippen molar-refractivity contribution in [2.75, 3.05) is 20.6 Å². The van der Waals surface area contributed by atoms with Crippen LogP contribution in [-0.2, 0) is 13.0 Å².